The van der Waals surface area contributed by atoms with Gasteiger partial charge in [0.1, 0.15) is 0 Å². The number of rotatable bonds is 3. The molecule has 0 spiro atoms. The van der Waals surface area contributed by atoms with E-state index in [1.165, 1.54) is 0 Å². The van der Waals surface area contributed by atoms with E-state index in [1.54, 1.807) is 0 Å². The molecule has 2 rings (SSSR count). The third-order valence-electron chi connectivity index (χ3n) is 3.59. The average molecular weight is 258 g/mol. The van der Waals surface area contributed by atoms with Gasteiger partial charge in [-0.05, 0) is 35.6 Å². The normalized spacial score (nSPS) is 15.2. The van der Waals surface area contributed by atoms with Gasteiger partial charge in [-0.2, -0.15) is 0 Å². The SMILES string of the molecule is C#CCc1cc(N2CCNCC2)cc(B(O)O)c1C. The maximum atomic E-state index is 9.49. The van der Waals surface area contributed by atoms with Crippen LogP contribution in [-0.2, 0) is 6.42 Å². The molecule has 100 valence electrons. The molecule has 0 saturated carbocycles. The summed E-state index contributed by atoms with van der Waals surface area (Å²) in [6.07, 6.45) is 5.89. The van der Waals surface area contributed by atoms with Crippen LogP contribution >= 0.6 is 0 Å². The molecule has 1 aliphatic rings. The van der Waals surface area contributed by atoms with E-state index in [2.05, 4.69) is 22.2 Å². The van der Waals surface area contributed by atoms with Crippen molar-refractivity contribution in [1.82, 2.24) is 5.32 Å². The first kappa shape index (κ1) is 13.9. The zero-order valence-corrected chi connectivity index (χ0v) is 11.2. The van der Waals surface area contributed by atoms with Gasteiger partial charge >= 0.3 is 7.12 Å². The van der Waals surface area contributed by atoms with E-state index in [0.717, 1.165) is 43.0 Å². The number of hydrogen-bond acceptors (Lipinski definition) is 4. The first-order valence-electron chi connectivity index (χ1n) is 6.52. The molecule has 4 nitrogen and oxygen atoms in total. The van der Waals surface area contributed by atoms with E-state index in [-0.39, 0.29) is 0 Å². The molecule has 0 aromatic heterocycles. The molecule has 1 fully saturated rings. The Kier molecular flexibility index (Phi) is 4.49. The van der Waals surface area contributed by atoms with E-state index >= 15 is 0 Å². The fourth-order valence-electron chi connectivity index (χ4n) is 2.45. The fraction of sp³-hybridized carbons (Fsp3) is 0.429. The lowest BCUT2D eigenvalue weighted by Crippen LogP contribution is -2.44. The van der Waals surface area contributed by atoms with Gasteiger partial charge in [-0.1, -0.05) is 0 Å². The number of nitrogens with zero attached hydrogens (tertiary/aromatic N) is 1. The molecule has 1 aliphatic heterocycles. The summed E-state index contributed by atoms with van der Waals surface area (Å²) in [6.45, 7) is 5.59. The summed E-state index contributed by atoms with van der Waals surface area (Å²) in [5.41, 5.74) is 3.41. The van der Waals surface area contributed by atoms with E-state index in [4.69, 9.17) is 6.42 Å². The van der Waals surface area contributed by atoms with Gasteiger partial charge in [0.15, 0.2) is 0 Å². The number of terminal acetylenes is 1. The Hall–Kier alpha value is -1.48. The summed E-state index contributed by atoms with van der Waals surface area (Å²) < 4.78 is 0. The smallest absolute Gasteiger partial charge is 0.423 e. The predicted molar refractivity (Wildman–Crippen MR) is 78.6 cm³/mol. The second-order valence-electron chi connectivity index (χ2n) is 4.81. The maximum absolute atomic E-state index is 9.49. The van der Waals surface area contributed by atoms with Crippen LogP contribution in [0.3, 0.4) is 0 Å². The van der Waals surface area contributed by atoms with E-state index in [0.29, 0.717) is 11.9 Å². The van der Waals surface area contributed by atoms with Crippen LogP contribution in [0.5, 0.6) is 0 Å². The molecule has 0 aliphatic carbocycles. The van der Waals surface area contributed by atoms with Gasteiger partial charge in [0.05, 0.1) is 0 Å². The van der Waals surface area contributed by atoms with Crippen molar-refractivity contribution in [2.24, 2.45) is 0 Å². The molecule has 0 unspecified atom stereocenters. The number of nitrogens with one attached hydrogen (secondary N) is 1. The quantitative estimate of drug-likeness (QED) is 0.494. The third-order valence-corrected chi connectivity index (χ3v) is 3.59. The predicted octanol–water partition coefficient (Wildman–Crippen LogP) is -0.740. The summed E-state index contributed by atoms with van der Waals surface area (Å²) in [5.74, 6) is 2.63. The zero-order chi connectivity index (χ0) is 13.8. The highest BCUT2D eigenvalue weighted by Gasteiger charge is 2.20. The number of piperazine rings is 1. The first-order valence-corrected chi connectivity index (χ1v) is 6.52. The van der Waals surface area contributed by atoms with Crippen molar-refractivity contribution in [3.8, 4) is 12.3 Å². The lowest BCUT2D eigenvalue weighted by molar-refractivity contribution is 0.425. The van der Waals surface area contributed by atoms with Gasteiger partial charge < -0.3 is 20.3 Å². The van der Waals surface area contributed by atoms with Crippen molar-refractivity contribution < 1.29 is 10.0 Å². The number of hydrogen-bond donors (Lipinski definition) is 3. The third kappa shape index (κ3) is 3.10. The topological polar surface area (TPSA) is 55.7 Å². The number of benzene rings is 1. The van der Waals surface area contributed by atoms with Crippen molar-refractivity contribution in [2.45, 2.75) is 13.3 Å². The molecular formula is C14H19BN2O2. The summed E-state index contributed by atoms with van der Waals surface area (Å²) >= 11 is 0. The van der Waals surface area contributed by atoms with E-state index in [9.17, 15) is 10.0 Å². The Labute approximate surface area is 114 Å². The Morgan fingerprint density at radius 2 is 2.05 bits per heavy atom. The van der Waals surface area contributed by atoms with Crippen LogP contribution in [0.2, 0.25) is 0 Å². The highest BCUT2D eigenvalue weighted by molar-refractivity contribution is 6.59. The molecule has 0 bridgehead atoms. The Morgan fingerprint density at radius 1 is 1.37 bits per heavy atom. The standard InChI is InChI=1S/C14H19BN2O2/c1-3-4-12-9-13(17-7-5-16-6-8-17)10-14(11(12)2)15(18)19/h1,9-10,16,18-19H,4-8H2,2H3. The van der Waals surface area contributed by atoms with Crippen molar-refractivity contribution in [1.29, 1.82) is 0 Å². The van der Waals surface area contributed by atoms with Gasteiger partial charge in [0.2, 0.25) is 0 Å². The molecule has 1 aromatic rings. The molecule has 1 heterocycles. The Bertz CT molecular complexity index is 491. The van der Waals surface area contributed by atoms with E-state index < -0.39 is 7.12 Å². The zero-order valence-electron chi connectivity index (χ0n) is 11.2. The van der Waals surface area contributed by atoms with Crippen LogP contribution in [0.25, 0.3) is 0 Å². The van der Waals surface area contributed by atoms with Crippen LogP contribution in [0.4, 0.5) is 5.69 Å². The van der Waals surface area contributed by atoms with Crippen LogP contribution in [0.15, 0.2) is 12.1 Å². The first-order chi connectivity index (χ1) is 9.13. The van der Waals surface area contributed by atoms with Gasteiger partial charge in [-0.25, -0.2) is 0 Å². The van der Waals surface area contributed by atoms with Gasteiger partial charge in [-0.3, -0.25) is 0 Å². The van der Waals surface area contributed by atoms with Gasteiger partial charge in [0.25, 0.3) is 0 Å². The largest absolute Gasteiger partial charge is 0.488 e. The Morgan fingerprint density at radius 3 is 2.63 bits per heavy atom. The molecule has 1 aromatic carbocycles. The molecule has 0 radical (unpaired) electrons. The molecular weight excluding hydrogens is 239 g/mol. The molecule has 3 N–H and O–H groups in total. The minimum Gasteiger partial charge on any atom is -0.423 e. The summed E-state index contributed by atoms with van der Waals surface area (Å²) in [5, 5.41) is 22.3. The van der Waals surface area contributed by atoms with Crippen LogP contribution in [0, 0.1) is 19.3 Å². The molecule has 0 atom stereocenters. The van der Waals surface area contributed by atoms with Crippen molar-refractivity contribution in [2.75, 3.05) is 31.1 Å². The monoisotopic (exact) mass is 258 g/mol. The fourth-order valence-corrected chi connectivity index (χ4v) is 2.45. The summed E-state index contributed by atoms with van der Waals surface area (Å²) in [4.78, 5) is 2.24. The summed E-state index contributed by atoms with van der Waals surface area (Å²) in [7, 11) is -1.46. The second kappa shape index (κ2) is 6.11. The van der Waals surface area contributed by atoms with Crippen LogP contribution < -0.4 is 15.7 Å². The van der Waals surface area contributed by atoms with Crippen molar-refractivity contribution >= 4 is 18.3 Å². The van der Waals surface area contributed by atoms with Crippen LogP contribution in [-0.4, -0.2) is 43.3 Å². The van der Waals surface area contributed by atoms with Crippen molar-refractivity contribution in [3.05, 3.63) is 23.3 Å². The Balaban J connectivity index is 2.40. The molecule has 5 heteroatoms. The minimum absolute atomic E-state index is 0.505. The molecule has 1 saturated heterocycles. The van der Waals surface area contributed by atoms with Crippen LogP contribution in [0.1, 0.15) is 11.1 Å². The highest BCUT2D eigenvalue weighted by atomic mass is 16.4. The van der Waals surface area contributed by atoms with Crippen molar-refractivity contribution in [3.63, 3.8) is 0 Å². The minimum atomic E-state index is -1.46. The second-order valence-corrected chi connectivity index (χ2v) is 4.81. The summed E-state index contributed by atoms with van der Waals surface area (Å²) in [6, 6.07) is 3.91. The van der Waals surface area contributed by atoms with E-state index in [1.807, 2.05) is 13.0 Å². The molecule has 19 heavy (non-hydrogen) atoms. The maximum Gasteiger partial charge on any atom is 0.488 e. The van der Waals surface area contributed by atoms with Gasteiger partial charge in [0, 0.05) is 38.3 Å². The lowest BCUT2D eigenvalue weighted by Gasteiger charge is -2.30. The highest BCUT2D eigenvalue weighted by Crippen LogP contribution is 2.19. The van der Waals surface area contributed by atoms with Gasteiger partial charge in [-0.15, -0.1) is 12.3 Å². The lowest BCUT2D eigenvalue weighted by atomic mass is 9.75. The average Bonchev–Trinajstić information content (AvgIpc) is 2.42. The number of anilines is 1. The molecule has 0 amide bonds.